The van der Waals surface area contributed by atoms with Crippen LogP contribution >= 0.6 is 0 Å². The molecule has 0 fully saturated rings. The van der Waals surface area contributed by atoms with Crippen LogP contribution in [0.3, 0.4) is 0 Å². The average Bonchev–Trinajstić information content (AvgIpc) is 2.37. The van der Waals surface area contributed by atoms with Crippen molar-refractivity contribution in [3.8, 4) is 0 Å². The molecular formula is C15H19N3O3. The second-order valence-corrected chi connectivity index (χ2v) is 5.89. The van der Waals surface area contributed by atoms with Gasteiger partial charge in [0.1, 0.15) is 11.2 Å². The first-order chi connectivity index (χ1) is 9.69. The van der Waals surface area contributed by atoms with Crippen molar-refractivity contribution < 1.29 is 9.90 Å². The van der Waals surface area contributed by atoms with Crippen LogP contribution in [0.2, 0.25) is 0 Å². The first-order valence-corrected chi connectivity index (χ1v) is 6.65. The van der Waals surface area contributed by atoms with Crippen LogP contribution in [0.5, 0.6) is 0 Å². The van der Waals surface area contributed by atoms with Gasteiger partial charge >= 0.3 is 0 Å². The second-order valence-electron chi connectivity index (χ2n) is 5.89. The SMILES string of the molecule is Cc1ccc2ncc(C(=O)N(C)CC(C)(C)O)c(=O)n2c1. The van der Waals surface area contributed by atoms with E-state index in [1.54, 1.807) is 33.2 Å². The number of aryl methyl sites for hydroxylation is 1. The van der Waals surface area contributed by atoms with E-state index in [4.69, 9.17) is 0 Å². The van der Waals surface area contributed by atoms with Crippen LogP contribution in [0.4, 0.5) is 0 Å². The van der Waals surface area contributed by atoms with Gasteiger partial charge in [-0.25, -0.2) is 4.98 Å². The highest BCUT2D eigenvalue weighted by molar-refractivity contribution is 5.93. The molecule has 6 nitrogen and oxygen atoms in total. The molecule has 0 saturated heterocycles. The van der Waals surface area contributed by atoms with Gasteiger partial charge in [0.2, 0.25) is 0 Å². The number of nitrogens with zero attached hydrogens (tertiary/aromatic N) is 3. The van der Waals surface area contributed by atoms with E-state index in [-0.39, 0.29) is 12.1 Å². The molecule has 2 rings (SSSR count). The molecule has 0 aliphatic carbocycles. The van der Waals surface area contributed by atoms with Crippen LogP contribution in [-0.4, -0.2) is 44.5 Å². The zero-order valence-electron chi connectivity index (χ0n) is 12.6. The standard InChI is InChI=1S/C15H19N3O3/c1-10-5-6-12-16-7-11(14(20)18(12)8-10)13(19)17(4)9-15(2,3)21/h5-8,21H,9H2,1-4H3. The predicted octanol–water partition coefficient (Wildman–Crippen LogP) is 0.846. The largest absolute Gasteiger partial charge is 0.389 e. The molecular weight excluding hydrogens is 270 g/mol. The maximum Gasteiger partial charge on any atom is 0.270 e. The van der Waals surface area contributed by atoms with E-state index in [2.05, 4.69) is 4.98 Å². The summed E-state index contributed by atoms with van der Waals surface area (Å²) in [5, 5.41) is 9.77. The zero-order chi connectivity index (χ0) is 15.8. The summed E-state index contributed by atoms with van der Waals surface area (Å²) < 4.78 is 1.36. The topological polar surface area (TPSA) is 74.9 Å². The number of aromatic nitrogens is 2. The Labute approximate surface area is 122 Å². The summed E-state index contributed by atoms with van der Waals surface area (Å²) in [5.41, 5.74) is -0.0455. The average molecular weight is 289 g/mol. The number of likely N-dealkylation sites (N-methyl/N-ethyl adjacent to an activating group) is 1. The van der Waals surface area contributed by atoms with Crippen LogP contribution < -0.4 is 5.56 Å². The molecule has 21 heavy (non-hydrogen) atoms. The first kappa shape index (κ1) is 15.2. The summed E-state index contributed by atoms with van der Waals surface area (Å²) in [7, 11) is 1.55. The fraction of sp³-hybridized carbons (Fsp3) is 0.400. The Bertz CT molecular complexity index is 744. The third kappa shape index (κ3) is 3.28. The van der Waals surface area contributed by atoms with Crippen molar-refractivity contribution in [2.24, 2.45) is 0 Å². The van der Waals surface area contributed by atoms with Gasteiger partial charge in [-0.1, -0.05) is 6.07 Å². The summed E-state index contributed by atoms with van der Waals surface area (Å²) in [6.07, 6.45) is 2.94. The lowest BCUT2D eigenvalue weighted by atomic mass is 10.1. The van der Waals surface area contributed by atoms with Crippen LogP contribution in [0.1, 0.15) is 29.8 Å². The van der Waals surface area contributed by atoms with Gasteiger partial charge in [-0.3, -0.25) is 14.0 Å². The second kappa shape index (κ2) is 5.29. The van der Waals surface area contributed by atoms with E-state index < -0.39 is 17.1 Å². The van der Waals surface area contributed by atoms with Crippen LogP contribution in [0, 0.1) is 6.92 Å². The van der Waals surface area contributed by atoms with E-state index in [0.717, 1.165) is 5.56 Å². The first-order valence-electron chi connectivity index (χ1n) is 6.65. The van der Waals surface area contributed by atoms with Gasteiger partial charge in [0.15, 0.2) is 0 Å². The van der Waals surface area contributed by atoms with E-state index in [9.17, 15) is 14.7 Å². The van der Waals surface area contributed by atoms with Crippen LogP contribution in [0.25, 0.3) is 5.65 Å². The van der Waals surface area contributed by atoms with E-state index >= 15 is 0 Å². The fourth-order valence-electron chi connectivity index (χ4n) is 2.19. The number of amides is 1. The summed E-state index contributed by atoms with van der Waals surface area (Å²) >= 11 is 0. The van der Waals surface area contributed by atoms with Gasteiger partial charge in [-0.2, -0.15) is 0 Å². The summed E-state index contributed by atoms with van der Waals surface area (Å²) in [6.45, 7) is 5.19. The molecule has 1 N–H and O–H groups in total. The molecule has 1 amide bonds. The van der Waals surface area contributed by atoms with Crippen molar-refractivity contribution in [1.29, 1.82) is 0 Å². The predicted molar refractivity (Wildman–Crippen MR) is 79.5 cm³/mol. The maximum atomic E-state index is 12.4. The smallest absolute Gasteiger partial charge is 0.270 e. The maximum absolute atomic E-state index is 12.4. The molecule has 0 aromatic carbocycles. The number of rotatable bonds is 3. The monoisotopic (exact) mass is 289 g/mol. The van der Waals surface area contributed by atoms with Crippen molar-refractivity contribution in [2.45, 2.75) is 26.4 Å². The molecule has 0 spiro atoms. The number of hydrogen-bond acceptors (Lipinski definition) is 4. The lowest BCUT2D eigenvalue weighted by Crippen LogP contribution is -2.41. The van der Waals surface area contributed by atoms with Gasteiger partial charge in [-0.15, -0.1) is 0 Å². The Morgan fingerprint density at radius 3 is 2.71 bits per heavy atom. The van der Waals surface area contributed by atoms with Gasteiger partial charge < -0.3 is 10.0 Å². The van der Waals surface area contributed by atoms with E-state index in [1.807, 2.05) is 13.0 Å². The Kier molecular flexibility index (Phi) is 3.82. The molecule has 2 aromatic rings. The van der Waals surface area contributed by atoms with Crippen molar-refractivity contribution in [2.75, 3.05) is 13.6 Å². The molecule has 6 heteroatoms. The Morgan fingerprint density at radius 1 is 1.43 bits per heavy atom. The minimum absolute atomic E-state index is 0.00940. The van der Waals surface area contributed by atoms with E-state index in [1.165, 1.54) is 15.5 Å². The minimum atomic E-state index is -1.03. The normalized spacial score (nSPS) is 11.7. The van der Waals surface area contributed by atoms with Crippen LogP contribution in [-0.2, 0) is 0 Å². The van der Waals surface area contributed by atoms with Gasteiger partial charge in [-0.05, 0) is 32.4 Å². The molecule has 2 heterocycles. The highest BCUT2D eigenvalue weighted by atomic mass is 16.3. The quantitative estimate of drug-likeness (QED) is 0.909. The Morgan fingerprint density at radius 2 is 2.10 bits per heavy atom. The van der Waals surface area contributed by atoms with Crippen molar-refractivity contribution in [1.82, 2.24) is 14.3 Å². The zero-order valence-corrected chi connectivity index (χ0v) is 12.6. The molecule has 0 aliphatic heterocycles. The molecule has 0 radical (unpaired) electrons. The summed E-state index contributed by atoms with van der Waals surface area (Å²) in [6, 6.07) is 3.58. The summed E-state index contributed by atoms with van der Waals surface area (Å²) in [5.74, 6) is -0.453. The van der Waals surface area contributed by atoms with Crippen molar-refractivity contribution in [3.05, 3.63) is 46.0 Å². The number of aliphatic hydroxyl groups is 1. The highest BCUT2D eigenvalue weighted by Crippen LogP contribution is 2.07. The third-order valence-corrected chi connectivity index (χ3v) is 3.05. The van der Waals surface area contributed by atoms with Gasteiger partial charge in [0, 0.05) is 26.0 Å². The number of pyridine rings is 1. The van der Waals surface area contributed by atoms with Crippen LogP contribution in [0.15, 0.2) is 29.3 Å². The Hall–Kier alpha value is -2.21. The number of carbonyl (C=O) groups excluding carboxylic acids is 1. The number of carbonyl (C=O) groups is 1. The minimum Gasteiger partial charge on any atom is -0.389 e. The lowest BCUT2D eigenvalue weighted by molar-refractivity contribution is 0.0366. The van der Waals surface area contributed by atoms with Crippen molar-refractivity contribution in [3.63, 3.8) is 0 Å². The van der Waals surface area contributed by atoms with Gasteiger partial charge in [0.05, 0.1) is 5.60 Å². The fourth-order valence-corrected chi connectivity index (χ4v) is 2.19. The lowest BCUT2D eigenvalue weighted by Gasteiger charge is -2.25. The molecule has 0 unspecified atom stereocenters. The van der Waals surface area contributed by atoms with E-state index in [0.29, 0.717) is 5.65 Å². The van der Waals surface area contributed by atoms with Crippen molar-refractivity contribution >= 4 is 11.6 Å². The molecule has 0 atom stereocenters. The molecule has 0 aliphatic rings. The van der Waals surface area contributed by atoms with Gasteiger partial charge in [0.25, 0.3) is 11.5 Å². The molecule has 2 aromatic heterocycles. The number of hydrogen-bond donors (Lipinski definition) is 1. The molecule has 112 valence electrons. The Balaban J connectivity index is 2.45. The number of fused-ring (bicyclic) bond motifs is 1. The molecule has 0 saturated carbocycles. The highest BCUT2D eigenvalue weighted by Gasteiger charge is 2.23. The molecule has 0 bridgehead atoms. The third-order valence-electron chi connectivity index (χ3n) is 3.05. The summed E-state index contributed by atoms with van der Waals surface area (Å²) in [4.78, 5) is 30.2.